The maximum atomic E-state index is 12.5. The summed E-state index contributed by atoms with van der Waals surface area (Å²) in [6.07, 6.45) is 1.83. The Morgan fingerprint density at radius 3 is 2.23 bits per heavy atom. The summed E-state index contributed by atoms with van der Waals surface area (Å²) >= 11 is 0. The van der Waals surface area contributed by atoms with Crippen molar-refractivity contribution in [2.24, 2.45) is 5.10 Å². The maximum Gasteiger partial charge on any atom is 0.343 e. The van der Waals surface area contributed by atoms with Crippen molar-refractivity contribution in [3.8, 4) is 11.5 Å². The first-order valence-electron chi connectivity index (χ1n) is 11.2. The molecule has 35 heavy (non-hydrogen) atoms. The minimum absolute atomic E-state index is 0.103. The molecule has 3 aromatic carbocycles. The van der Waals surface area contributed by atoms with Gasteiger partial charge in [-0.3, -0.25) is 9.59 Å². The van der Waals surface area contributed by atoms with Crippen LogP contribution in [0.4, 0.5) is 5.69 Å². The van der Waals surface area contributed by atoms with Gasteiger partial charge in [-0.05, 0) is 74.0 Å². The predicted octanol–water partition coefficient (Wildman–Crippen LogP) is 4.73. The molecule has 0 aliphatic rings. The Bertz CT molecular complexity index is 1220. The number of amides is 2. The number of hydrazone groups is 1. The van der Waals surface area contributed by atoms with Gasteiger partial charge in [-0.25, -0.2) is 10.2 Å². The highest BCUT2D eigenvalue weighted by molar-refractivity contribution is 5.96. The van der Waals surface area contributed by atoms with Crippen LogP contribution in [0.5, 0.6) is 11.5 Å². The number of hydrogen-bond acceptors (Lipinski definition) is 6. The molecule has 0 saturated heterocycles. The highest BCUT2D eigenvalue weighted by atomic mass is 16.6. The monoisotopic (exact) mass is 473 g/mol. The second-order valence-corrected chi connectivity index (χ2v) is 7.57. The zero-order chi connectivity index (χ0) is 25.2. The van der Waals surface area contributed by atoms with Crippen molar-refractivity contribution < 1.29 is 23.9 Å². The summed E-state index contributed by atoms with van der Waals surface area (Å²) in [6, 6.07) is 18.6. The Hall–Kier alpha value is -4.46. The van der Waals surface area contributed by atoms with Gasteiger partial charge in [0.25, 0.3) is 5.91 Å². The smallest absolute Gasteiger partial charge is 0.343 e. The zero-order valence-corrected chi connectivity index (χ0v) is 19.8. The lowest BCUT2D eigenvalue weighted by Crippen LogP contribution is -2.17. The van der Waals surface area contributed by atoms with E-state index >= 15 is 0 Å². The Morgan fingerprint density at radius 1 is 0.886 bits per heavy atom. The van der Waals surface area contributed by atoms with E-state index in [1.54, 1.807) is 61.5 Å². The van der Waals surface area contributed by atoms with Crippen molar-refractivity contribution in [1.29, 1.82) is 0 Å². The Kier molecular flexibility index (Phi) is 8.72. The molecule has 3 rings (SSSR count). The van der Waals surface area contributed by atoms with E-state index in [0.29, 0.717) is 41.2 Å². The molecular weight excluding hydrogens is 446 g/mol. The molecule has 0 atom stereocenters. The molecule has 2 amide bonds. The topological polar surface area (TPSA) is 106 Å². The van der Waals surface area contributed by atoms with Gasteiger partial charge in [-0.1, -0.05) is 24.6 Å². The van der Waals surface area contributed by atoms with Gasteiger partial charge in [-0.15, -0.1) is 0 Å². The van der Waals surface area contributed by atoms with E-state index in [-0.39, 0.29) is 11.7 Å². The normalized spacial score (nSPS) is 10.6. The SMILES string of the molecule is CCOc1cc(/C=N\NC(=O)c2ccc(NC(=O)CC)cc2)ccc1OC(=O)c1ccc(C)cc1. The van der Waals surface area contributed by atoms with E-state index in [0.717, 1.165) is 5.56 Å². The van der Waals surface area contributed by atoms with Crippen molar-refractivity contribution in [2.45, 2.75) is 27.2 Å². The number of esters is 1. The third-order valence-electron chi connectivity index (χ3n) is 4.89. The molecule has 2 N–H and O–H groups in total. The summed E-state index contributed by atoms with van der Waals surface area (Å²) in [7, 11) is 0. The zero-order valence-electron chi connectivity index (χ0n) is 19.8. The largest absolute Gasteiger partial charge is 0.490 e. The Morgan fingerprint density at radius 2 is 1.57 bits per heavy atom. The van der Waals surface area contributed by atoms with Crippen molar-refractivity contribution in [3.05, 3.63) is 89.0 Å². The van der Waals surface area contributed by atoms with E-state index < -0.39 is 11.9 Å². The molecule has 0 bridgehead atoms. The van der Waals surface area contributed by atoms with Crippen LogP contribution >= 0.6 is 0 Å². The van der Waals surface area contributed by atoms with Crippen LogP contribution in [0.3, 0.4) is 0 Å². The summed E-state index contributed by atoms with van der Waals surface area (Å²) < 4.78 is 11.1. The lowest BCUT2D eigenvalue weighted by molar-refractivity contribution is -0.115. The van der Waals surface area contributed by atoms with Crippen molar-refractivity contribution in [2.75, 3.05) is 11.9 Å². The first-order valence-corrected chi connectivity index (χ1v) is 11.2. The highest BCUT2D eigenvalue weighted by Crippen LogP contribution is 2.29. The fourth-order valence-corrected chi connectivity index (χ4v) is 2.99. The van der Waals surface area contributed by atoms with Crippen LogP contribution in [0, 0.1) is 6.92 Å². The molecule has 0 aliphatic heterocycles. The second kappa shape index (κ2) is 12.1. The molecule has 8 heteroatoms. The highest BCUT2D eigenvalue weighted by Gasteiger charge is 2.13. The average molecular weight is 474 g/mol. The van der Waals surface area contributed by atoms with Gasteiger partial charge in [0.1, 0.15) is 0 Å². The van der Waals surface area contributed by atoms with Crippen LogP contribution in [0.1, 0.15) is 52.1 Å². The van der Waals surface area contributed by atoms with E-state index in [2.05, 4.69) is 15.8 Å². The molecule has 0 unspecified atom stereocenters. The molecule has 0 fully saturated rings. The summed E-state index contributed by atoms with van der Waals surface area (Å²) in [6.45, 7) is 5.90. The third-order valence-corrected chi connectivity index (χ3v) is 4.89. The number of carbonyl (C=O) groups is 3. The van der Waals surface area contributed by atoms with Gasteiger partial charge in [0.15, 0.2) is 11.5 Å². The van der Waals surface area contributed by atoms with Crippen molar-refractivity contribution >= 4 is 29.7 Å². The van der Waals surface area contributed by atoms with Gasteiger partial charge < -0.3 is 14.8 Å². The number of carbonyl (C=O) groups excluding carboxylic acids is 3. The molecule has 0 heterocycles. The Balaban J connectivity index is 1.64. The molecule has 8 nitrogen and oxygen atoms in total. The summed E-state index contributed by atoms with van der Waals surface area (Å²) in [5, 5.41) is 6.71. The van der Waals surface area contributed by atoms with Crippen LogP contribution in [0.2, 0.25) is 0 Å². The van der Waals surface area contributed by atoms with Crippen LogP contribution < -0.4 is 20.2 Å². The van der Waals surface area contributed by atoms with Crippen LogP contribution in [0.25, 0.3) is 0 Å². The Labute approximate surface area is 204 Å². The number of nitrogens with zero attached hydrogens (tertiary/aromatic N) is 1. The van der Waals surface area contributed by atoms with Crippen LogP contribution in [-0.2, 0) is 4.79 Å². The fraction of sp³-hybridized carbons (Fsp3) is 0.185. The average Bonchev–Trinajstić information content (AvgIpc) is 2.86. The number of hydrogen-bond donors (Lipinski definition) is 2. The van der Waals surface area contributed by atoms with Crippen molar-refractivity contribution in [3.63, 3.8) is 0 Å². The van der Waals surface area contributed by atoms with Gasteiger partial charge in [-0.2, -0.15) is 5.10 Å². The van der Waals surface area contributed by atoms with E-state index in [4.69, 9.17) is 9.47 Å². The lowest BCUT2D eigenvalue weighted by Gasteiger charge is -2.11. The lowest BCUT2D eigenvalue weighted by atomic mass is 10.1. The fourth-order valence-electron chi connectivity index (χ4n) is 2.99. The first-order chi connectivity index (χ1) is 16.9. The molecule has 0 aliphatic carbocycles. The molecule has 0 saturated carbocycles. The number of nitrogens with one attached hydrogen (secondary N) is 2. The molecule has 180 valence electrons. The minimum atomic E-state index is -0.486. The van der Waals surface area contributed by atoms with E-state index in [1.807, 2.05) is 26.0 Å². The second-order valence-electron chi connectivity index (χ2n) is 7.57. The van der Waals surface area contributed by atoms with Gasteiger partial charge in [0.2, 0.25) is 5.91 Å². The maximum absolute atomic E-state index is 12.5. The molecular formula is C27H27N3O5. The number of anilines is 1. The third kappa shape index (κ3) is 7.26. The number of ether oxygens (including phenoxy) is 2. The molecule has 0 radical (unpaired) electrons. The minimum Gasteiger partial charge on any atom is -0.490 e. The predicted molar refractivity (Wildman–Crippen MR) is 134 cm³/mol. The number of aryl methyl sites for hydroxylation is 1. The quantitative estimate of drug-likeness (QED) is 0.202. The van der Waals surface area contributed by atoms with Crippen LogP contribution in [-0.4, -0.2) is 30.6 Å². The van der Waals surface area contributed by atoms with E-state index in [9.17, 15) is 14.4 Å². The molecule has 0 aromatic heterocycles. The van der Waals surface area contributed by atoms with Gasteiger partial charge in [0.05, 0.1) is 18.4 Å². The standard InChI is InChI=1S/C27H27N3O5/c1-4-25(31)29-22-13-11-20(12-14-22)26(32)30-28-17-19-8-15-23(24(16-19)34-5-2)35-27(33)21-9-6-18(3)7-10-21/h6-17H,4-5H2,1-3H3,(H,29,31)(H,30,32)/b28-17-. The van der Waals surface area contributed by atoms with Gasteiger partial charge in [0, 0.05) is 17.7 Å². The van der Waals surface area contributed by atoms with Gasteiger partial charge >= 0.3 is 5.97 Å². The molecule has 0 spiro atoms. The molecule has 3 aromatic rings. The number of benzene rings is 3. The van der Waals surface area contributed by atoms with Crippen molar-refractivity contribution in [1.82, 2.24) is 5.43 Å². The summed E-state index contributed by atoms with van der Waals surface area (Å²) in [5.41, 5.74) is 5.59. The first kappa shape index (κ1) is 25.2. The summed E-state index contributed by atoms with van der Waals surface area (Å²) in [4.78, 5) is 36.2. The van der Waals surface area contributed by atoms with E-state index in [1.165, 1.54) is 6.21 Å². The summed E-state index contributed by atoms with van der Waals surface area (Å²) in [5.74, 6) is -0.320. The number of rotatable bonds is 9. The van der Waals surface area contributed by atoms with Crippen LogP contribution in [0.15, 0.2) is 71.8 Å².